The van der Waals surface area contributed by atoms with Gasteiger partial charge in [-0.2, -0.15) is 17.4 Å². The van der Waals surface area contributed by atoms with Gasteiger partial charge in [0.15, 0.2) is 0 Å². The molecule has 0 amide bonds. The molecule has 0 saturated heterocycles. The molecule has 0 fully saturated rings. The fraction of sp³-hybridized carbons (Fsp3) is 0.462. The lowest BCUT2D eigenvalue weighted by Gasteiger charge is -2.22. The molecular weight excluding hydrogens is 296 g/mol. The molecule has 1 aromatic rings. The van der Waals surface area contributed by atoms with Crippen LogP contribution in [0.3, 0.4) is 0 Å². The van der Waals surface area contributed by atoms with E-state index in [4.69, 9.17) is 5.11 Å². The van der Waals surface area contributed by atoms with E-state index in [1.807, 2.05) is 12.1 Å². The maximum Gasteiger partial charge on any atom is 0.304 e. The van der Waals surface area contributed by atoms with Crippen molar-refractivity contribution >= 4 is 16.2 Å². The molecule has 1 aliphatic carbocycles. The van der Waals surface area contributed by atoms with E-state index in [1.54, 1.807) is 12.1 Å². The van der Waals surface area contributed by atoms with Crippen LogP contribution in [0.25, 0.3) is 0 Å². The maximum atomic E-state index is 12.2. The van der Waals surface area contributed by atoms with Gasteiger partial charge in [0, 0.05) is 20.0 Å². The summed E-state index contributed by atoms with van der Waals surface area (Å²) >= 11 is 0. The number of carboxylic acid groups (broad SMARTS) is 1. The van der Waals surface area contributed by atoms with Crippen molar-refractivity contribution in [1.29, 1.82) is 0 Å². The Labute approximate surface area is 123 Å². The zero-order valence-electron chi connectivity index (χ0n) is 11.6. The lowest BCUT2D eigenvalue weighted by Crippen LogP contribution is -2.43. The number of nitrogens with one attached hydrogen (secondary N) is 1. The molecule has 0 bridgehead atoms. The van der Waals surface area contributed by atoms with E-state index in [0.29, 0.717) is 6.42 Å². The van der Waals surface area contributed by atoms with Gasteiger partial charge in [-0.05, 0) is 11.1 Å². The van der Waals surface area contributed by atoms with Gasteiger partial charge in [-0.1, -0.05) is 24.3 Å². The summed E-state index contributed by atoms with van der Waals surface area (Å²) in [5.41, 5.74) is 1.66. The number of aliphatic hydroxyl groups is 1. The molecule has 0 radical (unpaired) electrons. The summed E-state index contributed by atoms with van der Waals surface area (Å²) in [5, 5.41) is 18.6. The third kappa shape index (κ3) is 3.59. The van der Waals surface area contributed by atoms with E-state index in [9.17, 15) is 18.3 Å². The lowest BCUT2D eigenvalue weighted by molar-refractivity contribution is -0.137. The Balaban J connectivity index is 2.12. The molecule has 1 aromatic carbocycles. The highest BCUT2D eigenvalue weighted by atomic mass is 32.2. The number of aliphatic hydroxyl groups excluding tert-OH is 1. The second-order valence-corrected chi connectivity index (χ2v) is 6.85. The third-order valence-corrected chi connectivity index (χ3v) is 5.09. The van der Waals surface area contributed by atoms with E-state index >= 15 is 0 Å². The molecular formula is C13H18N2O5S. The fourth-order valence-electron chi connectivity index (χ4n) is 2.34. The highest BCUT2D eigenvalue weighted by Gasteiger charge is 2.34. The topological polar surface area (TPSA) is 107 Å². The van der Waals surface area contributed by atoms with Crippen LogP contribution in [-0.4, -0.2) is 48.6 Å². The minimum atomic E-state index is -3.86. The van der Waals surface area contributed by atoms with E-state index in [-0.39, 0.29) is 13.0 Å². The summed E-state index contributed by atoms with van der Waals surface area (Å²) in [6, 6.07) is 6.53. The van der Waals surface area contributed by atoms with Gasteiger partial charge < -0.3 is 10.2 Å². The van der Waals surface area contributed by atoms with Crippen molar-refractivity contribution in [1.82, 2.24) is 9.03 Å². The number of hydrogen-bond acceptors (Lipinski definition) is 4. The largest absolute Gasteiger partial charge is 0.481 e. The Kier molecular flexibility index (Phi) is 4.62. The standard InChI is InChI=1S/C13H18N2O5S/c1-15(7-6-12(17)18)21(19,20)14-13-10-5-3-2-4-9(10)8-11(13)16/h2-5,11,13-14,16H,6-8H2,1H3,(H,17,18)/t11-,13+/m1/s1. The Morgan fingerprint density at radius 1 is 1.43 bits per heavy atom. The molecule has 0 aromatic heterocycles. The minimum absolute atomic E-state index is 0.130. The van der Waals surface area contributed by atoms with Gasteiger partial charge in [-0.15, -0.1) is 0 Å². The van der Waals surface area contributed by atoms with Crippen LogP contribution < -0.4 is 4.72 Å². The Morgan fingerprint density at radius 2 is 2.10 bits per heavy atom. The van der Waals surface area contributed by atoms with Crippen LogP contribution in [-0.2, 0) is 21.4 Å². The second kappa shape index (κ2) is 6.10. The molecule has 21 heavy (non-hydrogen) atoms. The van der Waals surface area contributed by atoms with E-state index < -0.39 is 28.3 Å². The smallest absolute Gasteiger partial charge is 0.304 e. The number of carbonyl (C=O) groups is 1. The lowest BCUT2D eigenvalue weighted by atomic mass is 10.1. The van der Waals surface area contributed by atoms with Gasteiger partial charge in [0.25, 0.3) is 10.2 Å². The summed E-state index contributed by atoms with van der Waals surface area (Å²) in [5.74, 6) is -1.07. The van der Waals surface area contributed by atoms with Gasteiger partial charge in [-0.25, -0.2) is 0 Å². The van der Waals surface area contributed by atoms with Gasteiger partial charge in [0.1, 0.15) is 0 Å². The van der Waals surface area contributed by atoms with Gasteiger partial charge in [-0.3, -0.25) is 4.79 Å². The minimum Gasteiger partial charge on any atom is -0.481 e. The number of hydrogen-bond donors (Lipinski definition) is 3. The highest BCUT2D eigenvalue weighted by Crippen LogP contribution is 2.31. The maximum absolute atomic E-state index is 12.2. The summed E-state index contributed by atoms with van der Waals surface area (Å²) in [7, 11) is -2.55. The first-order valence-electron chi connectivity index (χ1n) is 6.52. The Bertz CT molecular complexity index is 631. The fourth-order valence-corrected chi connectivity index (χ4v) is 3.46. The number of nitrogens with zero attached hydrogens (tertiary/aromatic N) is 1. The van der Waals surface area contributed by atoms with E-state index in [1.165, 1.54) is 7.05 Å². The first-order valence-corrected chi connectivity index (χ1v) is 7.96. The van der Waals surface area contributed by atoms with Crippen molar-refractivity contribution in [2.45, 2.75) is 25.0 Å². The molecule has 2 atom stereocenters. The predicted molar refractivity (Wildman–Crippen MR) is 75.8 cm³/mol. The Morgan fingerprint density at radius 3 is 2.76 bits per heavy atom. The van der Waals surface area contributed by atoms with Crippen molar-refractivity contribution in [3.8, 4) is 0 Å². The molecule has 116 valence electrons. The molecule has 0 spiro atoms. The van der Waals surface area contributed by atoms with Gasteiger partial charge >= 0.3 is 5.97 Å². The average molecular weight is 314 g/mol. The van der Waals surface area contributed by atoms with Gasteiger partial charge in [0.05, 0.1) is 18.6 Å². The summed E-state index contributed by atoms with van der Waals surface area (Å²) < 4.78 is 27.7. The zero-order valence-corrected chi connectivity index (χ0v) is 12.4. The van der Waals surface area contributed by atoms with Crippen LogP contribution in [0.15, 0.2) is 24.3 Å². The number of rotatable bonds is 6. The molecule has 3 N–H and O–H groups in total. The van der Waals surface area contributed by atoms with Crippen molar-refractivity contribution < 1.29 is 23.4 Å². The SMILES string of the molecule is CN(CCC(=O)O)S(=O)(=O)N[C@H]1c2ccccc2C[C@H]1O. The number of benzene rings is 1. The molecule has 0 saturated carbocycles. The van der Waals surface area contributed by atoms with Gasteiger partial charge in [0.2, 0.25) is 0 Å². The highest BCUT2D eigenvalue weighted by molar-refractivity contribution is 7.87. The van der Waals surface area contributed by atoms with Crippen molar-refractivity contribution in [3.05, 3.63) is 35.4 Å². The normalized spacial score (nSPS) is 21.5. The number of fused-ring (bicyclic) bond motifs is 1. The van der Waals surface area contributed by atoms with E-state index in [2.05, 4.69) is 4.72 Å². The summed E-state index contributed by atoms with van der Waals surface area (Å²) in [6.45, 7) is -0.130. The summed E-state index contributed by atoms with van der Waals surface area (Å²) in [6.07, 6.45) is -0.714. The first kappa shape index (κ1) is 15.9. The predicted octanol–water partition coefficient (Wildman–Crippen LogP) is -0.114. The number of carboxylic acids is 1. The van der Waals surface area contributed by atoms with Crippen LogP contribution >= 0.6 is 0 Å². The molecule has 0 unspecified atom stereocenters. The molecule has 8 heteroatoms. The molecule has 1 aliphatic rings. The summed E-state index contributed by atoms with van der Waals surface area (Å²) in [4.78, 5) is 10.5. The molecule has 2 rings (SSSR count). The van der Waals surface area contributed by atoms with Crippen LogP contribution in [0.4, 0.5) is 0 Å². The van der Waals surface area contributed by atoms with Crippen molar-refractivity contribution in [2.75, 3.05) is 13.6 Å². The first-order chi connectivity index (χ1) is 9.81. The number of aliphatic carboxylic acids is 1. The van der Waals surface area contributed by atoms with Crippen molar-refractivity contribution in [2.24, 2.45) is 0 Å². The monoisotopic (exact) mass is 314 g/mol. The van der Waals surface area contributed by atoms with Crippen molar-refractivity contribution in [3.63, 3.8) is 0 Å². The van der Waals surface area contributed by atoms with Crippen LogP contribution in [0.1, 0.15) is 23.6 Å². The molecule has 7 nitrogen and oxygen atoms in total. The van der Waals surface area contributed by atoms with Crippen LogP contribution in [0, 0.1) is 0 Å². The Hall–Kier alpha value is -1.48. The molecule has 0 heterocycles. The van der Waals surface area contributed by atoms with E-state index in [0.717, 1.165) is 15.4 Å². The molecule has 0 aliphatic heterocycles. The third-order valence-electron chi connectivity index (χ3n) is 3.53. The van der Waals surface area contributed by atoms with Crippen LogP contribution in [0.2, 0.25) is 0 Å². The quantitative estimate of drug-likeness (QED) is 0.679. The zero-order chi connectivity index (χ0) is 15.6. The average Bonchev–Trinajstić information content (AvgIpc) is 2.72. The second-order valence-electron chi connectivity index (χ2n) is 5.04. The van der Waals surface area contributed by atoms with Crippen LogP contribution in [0.5, 0.6) is 0 Å².